The Morgan fingerprint density at radius 1 is 0.365 bits per heavy atom. The standard InChI is InChI=1S/C69H97O4P/c1-41(2)64(13,14)51-32-49-35-57(66(17,18)43(5)6)55(39-53(49)58(37-51)67(19,20)44(7)8)56-34-48(63(70)47-28-26-25-27-29-47)30-31-61(56)74(71,72,73)62-40-54-50(36-60(62)69(23,24)46(11)12)33-52(65(15,16)42(3)4)38-59(54)68(21,22)45(9)10/h25-46,71-73H,1-24H3. The summed E-state index contributed by atoms with van der Waals surface area (Å²) in [5.74, 6) is 1.26. The average molecular weight is 1020 g/mol. The zero-order valence-electron chi connectivity index (χ0n) is 50.4. The number of fused-ring (bicyclic) bond motifs is 2. The molecule has 6 aromatic rings. The van der Waals surface area contributed by atoms with E-state index in [1.807, 2.05) is 42.5 Å². The van der Waals surface area contributed by atoms with E-state index < -0.39 is 18.1 Å². The molecule has 0 saturated carbocycles. The van der Waals surface area contributed by atoms with Gasteiger partial charge in [-0.3, -0.25) is 0 Å². The Morgan fingerprint density at radius 2 is 0.743 bits per heavy atom. The second-order valence-electron chi connectivity index (χ2n) is 27.9. The molecule has 0 unspecified atom stereocenters. The van der Waals surface area contributed by atoms with Gasteiger partial charge >= 0.3 is 452 Å². The number of hydrogen-bond donors (Lipinski definition) is 3. The van der Waals surface area contributed by atoms with E-state index in [1.54, 1.807) is 12.1 Å². The third-order valence-corrected chi connectivity index (χ3v) is 23.1. The van der Waals surface area contributed by atoms with Crippen LogP contribution in [0.15, 0.2) is 97.1 Å². The van der Waals surface area contributed by atoms with E-state index in [0.717, 1.165) is 38.2 Å². The minimum absolute atomic E-state index is 0.0189. The summed E-state index contributed by atoms with van der Waals surface area (Å²) >= 11 is 0. The summed E-state index contributed by atoms with van der Waals surface area (Å²) in [7, 11) is -6.26. The predicted octanol–water partition coefficient (Wildman–Crippen LogP) is 17.7. The number of carbonyl (C=O) groups excluding carboxylic acids is 1. The van der Waals surface area contributed by atoms with Crippen molar-refractivity contribution in [2.45, 2.75) is 199 Å². The van der Waals surface area contributed by atoms with Crippen LogP contribution in [0.3, 0.4) is 0 Å². The van der Waals surface area contributed by atoms with Crippen LogP contribution in [-0.4, -0.2) is 20.5 Å². The van der Waals surface area contributed by atoms with Gasteiger partial charge in [-0.25, -0.2) is 0 Å². The van der Waals surface area contributed by atoms with Crippen molar-refractivity contribution in [1.29, 1.82) is 0 Å². The molecule has 402 valence electrons. The van der Waals surface area contributed by atoms with Gasteiger partial charge in [-0.05, 0) is 0 Å². The molecular weight excluding hydrogens is 924 g/mol. The van der Waals surface area contributed by atoms with E-state index in [1.165, 1.54) is 16.7 Å². The van der Waals surface area contributed by atoms with Gasteiger partial charge < -0.3 is 0 Å². The Bertz CT molecular complexity index is 3070. The SMILES string of the molecule is CC(C)C(C)(C)c1cc(C(C)(C)C(C)C)c2cc(-c3cc(C(=O)c4ccccc4)ccc3P(O)(O)(O)c3cc4c(C(C)(C)C(C)C)cc(C(C)(C)C(C)C)cc4cc3C(C)(C)C(C)C)c(C(C)(C)C(C)C)cc2c1. The topological polar surface area (TPSA) is 77.8 Å². The van der Waals surface area contributed by atoms with Crippen molar-refractivity contribution >= 4 is 45.2 Å². The van der Waals surface area contributed by atoms with Gasteiger partial charge in [-0.1, -0.05) is 0 Å². The van der Waals surface area contributed by atoms with Crippen molar-refractivity contribution < 1.29 is 19.5 Å². The Hall–Kier alpha value is -4.18. The van der Waals surface area contributed by atoms with Crippen LogP contribution in [0.1, 0.15) is 215 Å². The Kier molecular flexibility index (Phi) is 15.7. The minimum atomic E-state index is -6.26. The maximum absolute atomic E-state index is 14.7. The Labute approximate surface area is 449 Å². The van der Waals surface area contributed by atoms with Crippen LogP contribution in [0.5, 0.6) is 0 Å². The molecule has 0 saturated heterocycles. The first kappa shape index (κ1) is 59.1. The van der Waals surface area contributed by atoms with Crippen LogP contribution in [0.2, 0.25) is 0 Å². The maximum atomic E-state index is 14.7. The summed E-state index contributed by atoms with van der Waals surface area (Å²) in [6.45, 7) is 54.3. The van der Waals surface area contributed by atoms with Crippen LogP contribution in [0, 0.1) is 35.5 Å². The van der Waals surface area contributed by atoms with Gasteiger partial charge in [0.1, 0.15) is 0 Å². The van der Waals surface area contributed by atoms with Gasteiger partial charge in [-0.2, -0.15) is 0 Å². The first-order chi connectivity index (χ1) is 33.6. The summed E-state index contributed by atoms with van der Waals surface area (Å²) in [4.78, 5) is 56.6. The molecule has 74 heavy (non-hydrogen) atoms. The van der Waals surface area contributed by atoms with E-state index in [-0.39, 0.29) is 61.7 Å². The molecule has 5 heteroatoms. The van der Waals surface area contributed by atoms with E-state index in [0.29, 0.717) is 34.1 Å². The molecule has 6 aromatic carbocycles. The number of rotatable bonds is 17. The summed E-state index contributed by atoms with van der Waals surface area (Å²) in [5.41, 5.74) is 6.70. The van der Waals surface area contributed by atoms with Gasteiger partial charge in [-0.15, -0.1) is 0 Å². The number of carbonyl (C=O) groups is 1. The molecule has 4 nitrogen and oxygen atoms in total. The third kappa shape index (κ3) is 10.1. The van der Waals surface area contributed by atoms with Gasteiger partial charge in [0.15, 0.2) is 0 Å². The molecule has 0 aliphatic rings. The first-order valence-corrected chi connectivity index (χ1v) is 30.0. The predicted molar refractivity (Wildman–Crippen MR) is 323 cm³/mol. The monoisotopic (exact) mass is 1020 g/mol. The molecule has 0 bridgehead atoms. The molecule has 6 rings (SSSR count). The van der Waals surface area contributed by atoms with Crippen molar-refractivity contribution in [3.63, 3.8) is 0 Å². The molecule has 0 aliphatic carbocycles. The van der Waals surface area contributed by atoms with Crippen molar-refractivity contribution in [2.24, 2.45) is 35.5 Å². The first-order valence-electron chi connectivity index (χ1n) is 27.9. The van der Waals surface area contributed by atoms with E-state index >= 15 is 0 Å². The molecule has 0 radical (unpaired) electrons. The summed E-state index contributed by atoms with van der Waals surface area (Å²) < 4.78 is 0. The second kappa shape index (κ2) is 19.7. The van der Waals surface area contributed by atoms with E-state index in [2.05, 4.69) is 209 Å². The van der Waals surface area contributed by atoms with Crippen LogP contribution >= 0.6 is 7.28 Å². The van der Waals surface area contributed by atoms with Crippen LogP contribution in [-0.2, 0) is 32.5 Å². The van der Waals surface area contributed by atoms with Crippen molar-refractivity contribution in [1.82, 2.24) is 0 Å². The van der Waals surface area contributed by atoms with Crippen molar-refractivity contribution in [2.75, 3.05) is 0 Å². The van der Waals surface area contributed by atoms with Gasteiger partial charge in [0.25, 0.3) is 0 Å². The number of benzene rings is 6. The van der Waals surface area contributed by atoms with Gasteiger partial charge in [0.05, 0.1) is 0 Å². The van der Waals surface area contributed by atoms with Crippen LogP contribution in [0.4, 0.5) is 0 Å². The Morgan fingerprint density at radius 3 is 1.16 bits per heavy atom. The zero-order valence-corrected chi connectivity index (χ0v) is 51.3. The molecule has 0 aliphatic heterocycles. The summed E-state index contributed by atoms with van der Waals surface area (Å²) in [6.07, 6.45) is 0. The van der Waals surface area contributed by atoms with Crippen LogP contribution < -0.4 is 10.6 Å². The summed E-state index contributed by atoms with van der Waals surface area (Å²) in [6, 6.07) is 32.5. The van der Waals surface area contributed by atoms with E-state index in [4.69, 9.17) is 0 Å². The second-order valence-corrected chi connectivity index (χ2v) is 30.8. The van der Waals surface area contributed by atoms with Crippen molar-refractivity contribution in [3.05, 3.63) is 142 Å². The molecule has 0 fully saturated rings. The average Bonchev–Trinajstić information content (AvgIpc) is 3.31. The number of ketones is 1. The quantitative estimate of drug-likeness (QED) is 0.0628. The van der Waals surface area contributed by atoms with E-state index in [9.17, 15) is 19.5 Å². The van der Waals surface area contributed by atoms with Crippen molar-refractivity contribution in [3.8, 4) is 11.1 Å². The molecule has 0 atom stereocenters. The molecule has 3 N–H and O–H groups in total. The fraction of sp³-hybridized carbons (Fsp3) is 0.522. The van der Waals surface area contributed by atoms with Gasteiger partial charge in [0, 0.05) is 0 Å². The van der Waals surface area contributed by atoms with Crippen LogP contribution in [0.25, 0.3) is 32.7 Å². The molecular formula is C69H97O4P. The summed E-state index contributed by atoms with van der Waals surface area (Å²) in [5, 5.41) is 4.25. The fourth-order valence-corrected chi connectivity index (χ4v) is 12.7. The zero-order chi connectivity index (χ0) is 56.0. The van der Waals surface area contributed by atoms with Gasteiger partial charge in [0.2, 0.25) is 0 Å². The molecule has 0 amide bonds. The third-order valence-electron chi connectivity index (χ3n) is 20.6. The molecule has 0 spiro atoms. The fourth-order valence-electron chi connectivity index (χ4n) is 10.3. The molecule has 0 aromatic heterocycles. The number of hydrogen-bond acceptors (Lipinski definition) is 4. The normalized spacial score (nSPS) is 14.4. The molecule has 0 heterocycles. The Balaban J connectivity index is 1.91.